The molecule has 0 bridgehead atoms. The number of aromatic nitrogens is 1. The molecule has 9 heteroatoms. The van der Waals surface area contributed by atoms with Gasteiger partial charge in [0.15, 0.2) is 0 Å². The third-order valence-electron chi connectivity index (χ3n) is 7.83. The van der Waals surface area contributed by atoms with Crippen molar-refractivity contribution in [2.45, 2.75) is 51.1 Å². The Kier molecular flexibility index (Phi) is 9.62. The molecular weight excluding hydrogens is 584 g/mol. The standard InChI is InChI=1S/C36H40N4O4S/c1-36(2,3)45(44)40-23-29-21-30(34(42)37-22-24-10-7-6-8-11-24)38-33(32(29)31(40)18-19-41)28-13-9-12-27(20-28)25-14-16-26(17-15-25)35(43)39(4)5/h6-17,20-21,31,41H,18-19,22-23H2,1-5H3,(H,37,42)/t31-,45-/m1/s1. The molecule has 2 atom stereocenters. The van der Waals surface area contributed by atoms with Gasteiger partial charge in [-0.25, -0.2) is 13.5 Å². The zero-order valence-electron chi connectivity index (χ0n) is 26.4. The second-order valence-corrected chi connectivity index (χ2v) is 14.6. The van der Waals surface area contributed by atoms with Crippen LogP contribution < -0.4 is 5.32 Å². The molecule has 2 N–H and O–H groups in total. The molecule has 0 spiro atoms. The molecule has 8 nitrogen and oxygen atoms in total. The van der Waals surface area contributed by atoms with Crippen LogP contribution in [-0.4, -0.2) is 60.8 Å². The van der Waals surface area contributed by atoms with E-state index in [1.54, 1.807) is 25.1 Å². The number of benzene rings is 3. The number of rotatable bonds is 9. The molecule has 0 aliphatic carbocycles. The molecule has 0 saturated carbocycles. The summed E-state index contributed by atoms with van der Waals surface area (Å²) in [6.07, 6.45) is 0.379. The number of carbonyl (C=O) groups excluding carboxylic acids is 2. The van der Waals surface area contributed by atoms with Crippen molar-refractivity contribution >= 4 is 22.8 Å². The molecule has 3 aromatic carbocycles. The maximum atomic E-state index is 13.7. The monoisotopic (exact) mass is 624 g/mol. The number of hydrogen-bond donors (Lipinski definition) is 2. The van der Waals surface area contributed by atoms with E-state index in [9.17, 15) is 18.9 Å². The minimum Gasteiger partial charge on any atom is -0.396 e. The van der Waals surface area contributed by atoms with Crippen LogP contribution in [0.25, 0.3) is 22.4 Å². The van der Waals surface area contributed by atoms with Crippen LogP contribution in [0.1, 0.15) is 70.8 Å². The summed E-state index contributed by atoms with van der Waals surface area (Å²) < 4.78 is 15.1. The summed E-state index contributed by atoms with van der Waals surface area (Å²) in [5, 5.41) is 13.1. The van der Waals surface area contributed by atoms with Gasteiger partial charge in [-0.3, -0.25) is 9.59 Å². The molecular formula is C36H40N4O4S. The van der Waals surface area contributed by atoms with Crippen molar-refractivity contribution in [2.75, 3.05) is 20.7 Å². The van der Waals surface area contributed by atoms with E-state index < -0.39 is 15.7 Å². The summed E-state index contributed by atoms with van der Waals surface area (Å²) in [4.78, 5) is 32.4. The highest BCUT2D eigenvalue weighted by atomic mass is 32.2. The first-order valence-electron chi connectivity index (χ1n) is 15.1. The number of nitrogens with zero attached hydrogens (tertiary/aromatic N) is 3. The van der Waals surface area contributed by atoms with E-state index in [1.165, 1.54) is 0 Å². The highest BCUT2D eigenvalue weighted by molar-refractivity contribution is 7.84. The maximum absolute atomic E-state index is 13.7. The first-order valence-corrected chi connectivity index (χ1v) is 16.2. The van der Waals surface area contributed by atoms with Crippen LogP contribution in [0.2, 0.25) is 0 Å². The Morgan fingerprint density at radius 2 is 1.64 bits per heavy atom. The second kappa shape index (κ2) is 13.4. The Morgan fingerprint density at radius 1 is 0.956 bits per heavy atom. The molecule has 234 valence electrons. The normalized spacial score (nSPS) is 15.4. The molecule has 1 aliphatic heterocycles. The van der Waals surface area contributed by atoms with Crippen molar-refractivity contribution in [1.29, 1.82) is 0 Å². The van der Waals surface area contributed by atoms with Crippen LogP contribution in [0.3, 0.4) is 0 Å². The lowest BCUT2D eigenvalue weighted by Gasteiger charge is -2.30. The van der Waals surface area contributed by atoms with Gasteiger partial charge in [0, 0.05) is 50.5 Å². The largest absolute Gasteiger partial charge is 0.396 e. The quantitative estimate of drug-likeness (QED) is 0.247. The topological polar surface area (TPSA) is 103 Å². The van der Waals surface area contributed by atoms with Gasteiger partial charge < -0.3 is 15.3 Å². The van der Waals surface area contributed by atoms with Crippen molar-refractivity contribution in [3.63, 3.8) is 0 Å². The van der Waals surface area contributed by atoms with Gasteiger partial charge in [0.1, 0.15) is 16.7 Å². The molecule has 2 heterocycles. The lowest BCUT2D eigenvalue weighted by atomic mass is 9.94. The number of nitrogens with one attached hydrogen (secondary N) is 1. The minimum atomic E-state index is -1.36. The molecule has 1 aromatic heterocycles. The number of fused-ring (bicyclic) bond motifs is 1. The van der Waals surface area contributed by atoms with Crippen molar-refractivity contribution in [3.8, 4) is 22.4 Å². The summed E-state index contributed by atoms with van der Waals surface area (Å²) in [7, 11) is 2.09. The maximum Gasteiger partial charge on any atom is 0.270 e. The Balaban J connectivity index is 1.58. The number of aliphatic hydroxyl groups excluding tert-OH is 1. The predicted molar refractivity (Wildman–Crippen MR) is 179 cm³/mol. The smallest absolute Gasteiger partial charge is 0.270 e. The van der Waals surface area contributed by atoms with Gasteiger partial charge in [-0.05, 0) is 73.7 Å². The highest BCUT2D eigenvalue weighted by Gasteiger charge is 2.40. The molecule has 5 rings (SSSR count). The van der Waals surface area contributed by atoms with Gasteiger partial charge >= 0.3 is 0 Å². The van der Waals surface area contributed by atoms with E-state index in [2.05, 4.69) is 5.32 Å². The van der Waals surface area contributed by atoms with E-state index in [-0.39, 0.29) is 30.2 Å². The first-order chi connectivity index (χ1) is 21.5. The summed E-state index contributed by atoms with van der Waals surface area (Å²) in [6.45, 7) is 6.46. The van der Waals surface area contributed by atoms with Gasteiger partial charge in [-0.1, -0.05) is 60.7 Å². The number of carbonyl (C=O) groups is 2. The molecule has 45 heavy (non-hydrogen) atoms. The van der Waals surface area contributed by atoms with Crippen LogP contribution in [0.4, 0.5) is 0 Å². The zero-order valence-corrected chi connectivity index (χ0v) is 27.2. The van der Waals surface area contributed by atoms with Crippen LogP contribution in [-0.2, 0) is 24.1 Å². The van der Waals surface area contributed by atoms with E-state index in [0.717, 1.165) is 33.4 Å². The average Bonchev–Trinajstić information content (AvgIpc) is 3.40. The second-order valence-electron chi connectivity index (χ2n) is 12.4. The summed E-state index contributed by atoms with van der Waals surface area (Å²) in [5.74, 6) is -0.362. The van der Waals surface area contributed by atoms with E-state index in [4.69, 9.17) is 4.98 Å². The minimum absolute atomic E-state index is 0.0652. The lowest BCUT2D eigenvalue weighted by molar-refractivity contribution is 0.0827. The first kappa shape index (κ1) is 32.2. The fourth-order valence-corrected chi connectivity index (χ4v) is 6.99. The average molecular weight is 625 g/mol. The van der Waals surface area contributed by atoms with Crippen LogP contribution in [0.15, 0.2) is 84.9 Å². The van der Waals surface area contributed by atoms with Crippen LogP contribution >= 0.6 is 0 Å². The van der Waals surface area contributed by atoms with Crippen molar-refractivity contribution in [1.82, 2.24) is 19.5 Å². The molecule has 1 aliphatic rings. The molecule has 2 amide bonds. The Hall–Kier alpha value is -4.18. The van der Waals surface area contributed by atoms with Gasteiger partial charge in [0.2, 0.25) is 0 Å². The van der Waals surface area contributed by atoms with E-state index in [1.807, 2.05) is 104 Å². The van der Waals surface area contributed by atoms with Gasteiger partial charge in [0.05, 0.1) is 16.5 Å². The number of pyridine rings is 1. The lowest BCUT2D eigenvalue weighted by Crippen LogP contribution is -2.36. The number of aliphatic hydroxyl groups is 1. The summed E-state index contributed by atoms with van der Waals surface area (Å²) in [5.41, 5.74) is 6.92. The van der Waals surface area contributed by atoms with Crippen molar-refractivity contribution < 1.29 is 18.9 Å². The third-order valence-corrected chi connectivity index (χ3v) is 9.68. The van der Waals surface area contributed by atoms with Crippen LogP contribution in [0.5, 0.6) is 0 Å². The van der Waals surface area contributed by atoms with Crippen molar-refractivity contribution in [2.24, 2.45) is 0 Å². The highest BCUT2D eigenvalue weighted by Crippen LogP contribution is 2.44. The van der Waals surface area contributed by atoms with Gasteiger partial charge in [-0.2, -0.15) is 0 Å². The Bertz CT molecular complexity index is 1720. The van der Waals surface area contributed by atoms with Crippen LogP contribution in [0, 0.1) is 0 Å². The molecule has 0 saturated heterocycles. The molecule has 0 radical (unpaired) electrons. The van der Waals surface area contributed by atoms with E-state index >= 15 is 0 Å². The Morgan fingerprint density at radius 3 is 2.29 bits per heavy atom. The summed E-state index contributed by atoms with van der Waals surface area (Å²) in [6, 6.07) is 26.6. The summed E-state index contributed by atoms with van der Waals surface area (Å²) >= 11 is 0. The number of hydrogen-bond acceptors (Lipinski definition) is 5. The SMILES string of the molecule is CN(C)C(=O)c1ccc(-c2cccc(-c3nc(C(=O)NCc4ccccc4)cc4c3[C@@H](CCO)N([S@](=O)C(C)(C)C)C4)c2)cc1. The van der Waals surface area contributed by atoms with E-state index in [0.29, 0.717) is 30.8 Å². The fourth-order valence-electron chi connectivity index (χ4n) is 5.58. The predicted octanol–water partition coefficient (Wildman–Crippen LogP) is 5.75. The third kappa shape index (κ3) is 7.06. The molecule has 4 aromatic rings. The molecule has 0 unspecified atom stereocenters. The fraction of sp³-hybridized carbons (Fsp3) is 0.306. The molecule has 0 fully saturated rings. The zero-order chi connectivity index (χ0) is 32.3. The van der Waals surface area contributed by atoms with Crippen molar-refractivity contribution in [3.05, 3.63) is 113 Å². The van der Waals surface area contributed by atoms with Gasteiger partial charge in [0.25, 0.3) is 11.8 Å². The van der Waals surface area contributed by atoms with Gasteiger partial charge in [-0.15, -0.1) is 0 Å². The number of amides is 2. The Labute approximate surface area is 267 Å².